The zero-order chi connectivity index (χ0) is 9.80. The minimum Gasteiger partial charge on any atom is -1.00 e. The average molecular weight is 273 g/mol. The van der Waals surface area contributed by atoms with E-state index in [-0.39, 0.29) is 25.9 Å². The number of benzene rings is 2. The molecule has 0 nitrogen and oxygen atoms in total. The molecule has 2 rings (SSSR count). The molecule has 0 spiro atoms. The van der Waals surface area contributed by atoms with E-state index in [0.717, 1.165) is 5.33 Å². The molecule has 0 unspecified atom stereocenters. The van der Waals surface area contributed by atoms with Gasteiger partial charge in [-0.2, -0.15) is 0 Å². The van der Waals surface area contributed by atoms with E-state index in [0.29, 0.717) is 0 Å². The number of rotatable bonds is 2. The molecule has 2 heteroatoms. The molecule has 0 aliphatic heterocycles. The van der Waals surface area contributed by atoms with Crippen molar-refractivity contribution >= 4 is 39.0 Å². The second-order valence-corrected chi connectivity index (χ2v) is 3.72. The largest absolute Gasteiger partial charge is 2.00 e. The minimum atomic E-state index is 0. The van der Waals surface area contributed by atoms with E-state index in [1.165, 1.54) is 16.7 Å². The summed E-state index contributed by atoms with van der Waals surface area (Å²) in [6.45, 7) is 0. The zero-order valence-electron chi connectivity index (χ0n) is 10.5. The van der Waals surface area contributed by atoms with Crippen molar-refractivity contribution < 1.29 is 2.85 Å². The third-order valence-corrected chi connectivity index (χ3v) is 2.85. The van der Waals surface area contributed by atoms with Gasteiger partial charge >= 0.3 is 23.1 Å². The first-order valence-electron chi connectivity index (χ1n) is 4.61. The van der Waals surface area contributed by atoms with E-state index in [1.54, 1.807) is 0 Å². The summed E-state index contributed by atoms with van der Waals surface area (Å²) in [7, 11) is 0. The second kappa shape index (κ2) is 6.31. The Bertz CT molecular complexity index is 421. The van der Waals surface area contributed by atoms with E-state index in [4.69, 9.17) is 0 Å². The van der Waals surface area contributed by atoms with Crippen molar-refractivity contribution in [3.05, 3.63) is 60.2 Å². The topological polar surface area (TPSA) is 0 Å². The molecular formula is C13H13BrMg. The van der Waals surface area contributed by atoms with Crippen molar-refractivity contribution in [2.24, 2.45) is 0 Å². The molecule has 2 aromatic carbocycles. The van der Waals surface area contributed by atoms with E-state index < -0.39 is 0 Å². The molecule has 0 N–H and O–H groups in total. The summed E-state index contributed by atoms with van der Waals surface area (Å²) in [4.78, 5) is 0. The van der Waals surface area contributed by atoms with Gasteiger partial charge in [-0.05, 0) is 16.7 Å². The van der Waals surface area contributed by atoms with Crippen molar-refractivity contribution in [3.8, 4) is 11.1 Å². The van der Waals surface area contributed by atoms with Crippen LogP contribution in [0.4, 0.5) is 0 Å². The molecule has 0 bridgehead atoms. The Morgan fingerprint density at radius 3 is 2.13 bits per heavy atom. The molecule has 0 amide bonds. The van der Waals surface area contributed by atoms with Crippen LogP contribution in [0.3, 0.4) is 0 Å². The number of hydrogen-bond acceptors (Lipinski definition) is 0. The number of hydrogen-bond donors (Lipinski definition) is 0. The Labute approximate surface area is 118 Å². The fourth-order valence-electron chi connectivity index (χ4n) is 1.54. The third kappa shape index (κ3) is 3.07. The van der Waals surface area contributed by atoms with E-state index in [1.807, 2.05) is 6.07 Å². The van der Waals surface area contributed by atoms with Crippen molar-refractivity contribution in [3.63, 3.8) is 0 Å². The fourth-order valence-corrected chi connectivity index (χ4v) is 2.03. The smallest absolute Gasteiger partial charge is 1.00 e. The predicted molar refractivity (Wildman–Crippen MR) is 72.5 cm³/mol. The number of alkyl halides is 1. The summed E-state index contributed by atoms with van der Waals surface area (Å²) >= 11 is 3.51. The number of halogens is 1. The first-order chi connectivity index (χ1) is 6.92. The molecular weight excluding hydrogens is 260 g/mol. The van der Waals surface area contributed by atoms with Gasteiger partial charge in [0.15, 0.2) is 0 Å². The van der Waals surface area contributed by atoms with Gasteiger partial charge < -0.3 is 2.85 Å². The second-order valence-electron chi connectivity index (χ2n) is 3.16. The van der Waals surface area contributed by atoms with Crippen LogP contribution in [0.5, 0.6) is 0 Å². The Kier molecular flexibility index (Phi) is 5.36. The van der Waals surface area contributed by atoms with Gasteiger partial charge in [0.1, 0.15) is 0 Å². The summed E-state index contributed by atoms with van der Waals surface area (Å²) in [5.41, 5.74) is 3.92. The van der Waals surface area contributed by atoms with Crippen molar-refractivity contribution in [1.82, 2.24) is 0 Å². The van der Waals surface area contributed by atoms with Crippen molar-refractivity contribution in [2.75, 3.05) is 0 Å². The monoisotopic (exact) mass is 272 g/mol. The molecule has 2 aromatic rings. The third-order valence-electron chi connectivity index (χ3n) is 2.25. The molecule has 0 radical (unpaired) electrons. The molecule has 0 heterocycles. The molecule has 0 aliphatic rings. The van der Waals surface area contributed by atoms with E-state index in [9.17, 15) is 0 Å². The standard InChI is InChI=1S/C13H11Br.Mg.2H/c14-10-12-8-4-5-9-13(12)11-6-2-1-3-7-11;;;/h1-9H,10H2;;;/q;+2;2*-1. The molecule has 15 heavy (non-hydrogen) atoms. The van der Waals surface area contributed by atoms with E-state index >= 15 is 0 Å². The quantitative estimate of drug-likeness (QED) is 0.571. The Hall–Kier alpha value is -0.314. The SMILES string of the molecule is BrCc1ccccc1-c1ccccc1.[H-].[H-].[Mg+2]. The molecule has 0 saturated heterocycles. The molecule has 0 aromatic heterocycles. The van der Waals surface area contributed by atoms with Crippen LogP contribution in [-0.2, 0) is 5.33 Å². The van der Waals surface area contributed by atoms with Crippen LogP contribution < -0.4 is 0 Å². The van der Waals surface area contributed by atoms with Crippen LogP contribution >= 0.6 is 15.9 Å². The van der Waals surface area contributed by atoms with Gasteiger partial charge in [0.2, 0.25) is 0 Å². The molecule has 74 valence electrons. The molecule has 0 saturated carbocycles. The molecule has 0 fully saturated rings. The van der Waals surface area contributed by atoms with Gasteiger partial charge in [-0.25, -0.2) is 0 Å². The van der Waals surface area contributed by atoms with Gasteiger partial charge in [0.05, 0.1) is 0 Å². The van der Waals surface area contributed by atoms with Crippen LogP contribution in [0.15, 0.2) is 54.6 Å². The van der Waals surface area contributed by atoms with Crippen LogP contribution in [0.25, 0.3) is 11.1 Å². The van der Waals surface area contributed by atoms with E-state index in [2.05, 4.69) is 64.5 Å². The van der Waals surface area contributed by atoms with Gasteiger partial charge in [0, 0.05) is 5.33 Å². The van der Waals surface area contributed by atoms with Crippen molar-refractivity contribution in [2.45, 2.75) is 5.33 Å². The van der Waals surface area contributed by atoms with Gasteiger partial charge in [-0.3, -0.25) is 0 Å². The normalized spacial score (nSPS) is 9.40. The zero-order valence-corrected chi connectivity index (χ0v) is 11.5. The summed E-state index contributed by atoms with van der Waals surface area (Å²) in [6, 6.07) is 18.9. The summed E-state index contributed by atoms with van der Waals surface area (Å²) in [6.07, 6.45) is 0. The first kappa shape index (κ1) is 12.8. The summed E-state index contributed by atoms with van der Waals surface area (Å²) in [5.74, 6) is 0. The fraction of sp³-hybridized carbons (Fsp3) is 0.0769. The first-order valence-corrected chi connectivity index (χ1v) is 5.73. The van der Waals surface area contributed by atoms with Crippen LogP contribution in [0.1, 0.15) is 8.42 Å². The Morgan fingerprint density at radius 1 is 0.867 bits per heavy atom. The van der Waals surface area contributed by atoms with Crippen LogP contribution in [0, 0.1) is 0 Å². The maximum atomic E-state index is 3.51. The van der Waals surface area contributed by atoms with Gasteiger partial charge in [0.25, 0.3) is 0 Å². The van der Waals surface area contributed by atoms with Crippen LogP contribution in [0.2, 0.25) is 0 Å². The van der Waals surface area contributed by atoms with Gasteiger partial charge in [-0.15, -0.1) is 0 Å². The Morgan fingerprint density at radius 2 is 1.47 bits per heavy atom. The van der Waals surface area contributed by atoms with Gasteiger partial charge in [-0.1, -0.05) is 70.5 Å². The summed E-state index contributed by atoms with van der Waals surface area (Å²) < 4.78 is 0. The maximum absolute atomic E-state index is 3.51. The maximum Gasteiger partial charge on any atom is 2.00 e. The summed E-state index contributed by atoms with van der Waals surface area (Å²) in [5, 5.41) is 0.901. The Balaban J connectivity index is 0. The predicted octanol–water partition coefficient (Wildman–Crippen LogP) is 4.09. The molecule has 0 atom stereocenters. The average Bonchev–Trinajstić information content (AvgIpc) is 2.30. The van der Waals surface area contributed by atoms with Crippen LogP contribution in [-0.4, -0.2) is 23.1 Å². The molecule has 0 aliphatic carbocycles. The van der Waals surface area contributed by atoms with Crippen molar-refractivity contribution in [1.29, 1.82) is 0 Å². The minimum absolute atomic E-state index is 0.